The molecule has 1 fully saturated rings. The first kappa shape index (κ1) is 15.0. The maximum atomic E-state index is 11.7. The van der Waals surface area contributed by atoms with Crippen molar-refractivity contribution in [2.75, 3.05) is 6.61 Å². The maximum absolute atomic E-state index is 11.7. The Bertz CT molecular complexity index is 291. The fourth-order valence-electron chi connectivity index (χ4n) is 2.27. The summed E-state index contributed by atoms with van der Waals surface area (Å²) in [5, 5.41) is 12.0. The van der Waals surface area contributed by atoms with Gasteiger partial charge in [-0.25, -0.2) is 0 Å². The van der Waals surface area contributed by atoms with Gasteiger partial charge in [-0.1, -0.05) is 19.3 Å². The highest BCUT2D eigenvalue weighted by Gasteiger charge is 2.30. The van der Waals surface area contributed by atoms with E-state index < -0.39 is 11.9 Å². The Hall–Kier alpha value is -1.10. The average molecular weight is 257 g/mol. The number of hydrogen-bond acceptors (Lipinski definition) is 3. The Morgan fingerprint density at radius 3 is 2.56 bits per heavy atom. The quantitative estimate of drug-likeness (QED) is 0.733. The normalized spacial score (nSPS) is 24.6. The highest BCUT2D eigenvalue weighted by Crippen LogP contribution is 2.23. The summed E-state index contributed by atoms with van der Waals surface area (Å²) in [4.78, 5) is 22.8. The lowest BCUT2D eigenvalue weighted by molar-refractivity contribution is -0.143. The Kier molecular flexibility index (Phi) is 6.12. The summed E-state index contributed by atoms with van der Waals surface area (Å²) < 4.78 is 5.21. The van der Waals surface area contributed by atoms with E-state index in [0.29, 0.717) is 6.42 Å². The molecule has 0 radical (unpaired) electrons. The Balaban J connectivity index is 2.49. The molecule has 0 aliphatic heterocycles. The molecule has 0 aromatic rings. The fraction of sp³-hybridized carbons (Fsp3) is 0.846. The number of carboxylic acids is 1. The van der Waals surface area contributed by atoms with Gasteiger partial charge in [-0.2, -0.15) is 0 Å². The second-order valence-corrected chi connectivity index (χ2v) is 5.12. The van der Waals surface area contributed by atoms with Gasteiger partial charge in [0.15, 0.2) is 0 Å². The molecular formula is C13H23NO4. The van der Waals surface area contributed by atoms with Crippen LogP contribution >= 0.6 is 0 Å². The molecule has 5 heteroatoms. The first-order valence-corrected chi connectivity index (χ1v) is 6.64. The predicted molar refractivity (Wildman–Crippen MR) is 67.2 cm³/mol. The van der Waals surface area contributed by atoms with Gasteiger partial charge in [0.2, 0.25) is 5.91 Å². The third-order valence-corrected chi connectivity index (χ3v) is 3.23. The van der Waals surface area contributed by atoms with Crippen molar-refractivity contribution in [3.8, 4) is 0 Å². The summed E-state index contributed by atoms with van der Waals surface area (Å²) in [5.41, 5.74) is 0. The highest BCUT2D eigenvalue weighted by atomic mass is 16.5. The lowest BCUT2D eigenvalue weighted by Crippen LogP contribution is -2.44. The van der Waals surface area contributed by atoms with E-state index in [1.54, 1.807) is 0 Å². The number of nitrogens with one attached hydrogen (secondary N) is 1. The van der Waals surface area contributed by atoms with Crippen molar-refractivity contribution in [2.45, 2.75) is 58.1 Å². The third-order valence-electron chi connectivity index (χ3n) is 3.23. The van der Waals surface area contributed by atoms with Gasteiger partial charge in [0.25, 0.3) is 0 Å². The van der Waals surface area contributed by atoms with Crippen molar-refractivity contribution in [1.29, 1.82) is 0 Å². The minimum Gasteiger partial charge on any atom is -0.481 e. The first-order valence-electron chi connectivity index (χ1n) is 6.64. The fourth-order valence-corrected chi connectivity index (χ4v) is 2.27. The number of carboxylic acid groups (broad SMARTS) is 1. The maximum Gasteiger partial charge on any atom is 0.308 e. The van der Waals surface area contributed by atoms with Crippen LogP contribution in [0.4, 0.5) is 0 Å². The van der Waals surface area contributed by atoms with Crippen LogP contribution in [0.3, 0.4) is 0 Å². The van der Waals surface area contributed by atoms with Crippen molar-refractivity contribution in [2.24, 2.45) is 5.92 Å². The van der Waals surface area contributed by atoms with Gasteiger partial charge in [-0.05, 0) is 26.7 Å². The summed E-state index contributed by atoms with van der Waals surface area (Å²) in [6.45, 7) is 3.72. The van der Waals surface area contributed by atoms with E-state index in [1.165, 1.54) is 0 Å². The SMILES string of the molecule is CC(C)OCC(=O)NC1CCCCCC1C(=O)O. The molecule has 0 spiro atoms. The minimum absolute atomic E-state index is 0.000143. The molecule has 104 valence electrons. The summed E-state index contributed by atoms with van der Waals surface area (Å²) in [6, 6.07) is -0.256. The molecule has 1 amide bonds. The number of hydrogen-bond donors (Lipinski definition) is 2. The largest absolute Gasteiger partial charge is 0.481 e. The molecule has 2 N–H and O–H groups in total. The van der Waals surface area contributed by atoms with Gasteiger partial charge in [0.1, 0.15) is 6.61 Å². The summed E-state index contributed by atoms with van der Waals surface area (Å²) in [5.74, 6) is -1.50. The van der Waals surface area contributed by atoms with Gasteiger partial charge >= 0.3 is 5.97 Å². The summed E-state index contributed by atoms with van der Waals surface area (Å²) >= 11 is 0. The second kappa shape index (κ2) is 7.36. The first-order chi connectivity index (χ1) is 8.50. The molecule has 0 saturated heterocycles. The summed E-state index contributed by atoms with van der Waals surface area (Å²) in [7, 11) is 0. The minimum atomic E-state index is -0.813. The number of ether oxygens (including phenoxy) is 1. The smallest absolute Gasteiger partial charge is 0.308 e. The Labute approximate surface area is 108 Å². The van der Waals surface area contributed by atoms with Crippen molar-refractivity contribution in [1.82, 2.24) is 5.32 Å². The van der Waals surface area contributed by atoms with Gasteiger partial charge < -0.3 is 15.2 Å². The molecule has 0 bridgehead atoms. The molecule has 0 heterocycles. The molecule has 1 saturated carbocycles. The molecule has 0 aromatic heterocycles. The molecule has 1 aliphatic carbocycles. The van der Waals surface area contributed by atoms with Crippen LogP contribution in [0.2, 0.25) is 0 Å². The van der Waals surface area contributed by atoms with Crippen molar-refractivity contribution in [3.05, 3.63) is 0 Å². The standard InChI is InChI=1S/C13H23NO4/c1-9(2)18-8-12(15)14-11-7-5-3-4-6-10(11)13(16)17/h9-11H,3-8H2,1-2H3,(H,14,15)(H,16,17). The van der Waals surface area contributed by atoms with Crippen LogP contribution in [-0.4, -0.2) is 35.7 Å². The van der Waals surface area contributed by atoms with Crippen LogP contribution in [0.5, 0.6) is 0 Å². The van der Waals surface area contributed by atoms with E-state index in [0.717, 1.165) is 25.7 Å². The third kappa shape index (κ3) is 5.04. The Morgan fingerprint density at radius 2 is 1.94 bits per heavy atom. The van der Waals surface area contributed by atoms with Crippen LogP contribution in [-0.2, 0) is 14.3 Å². The van der Waals surface area contributed by atoms with Gasteiger partial charge in [-0.15, -0.1) is 0 Å². The van der Waals surface area contributed by atoms with Gasteiger partial charge in [-0.3, -0.25) is 9.59 Å². The topological polar surface area (TPSA) is 75.6 Å². The van der Waals surface area contributed by atoms with Crippen LogP contribution in [0.25, 0.3) is 0 Å². The number of carbonyl (C=O) groups excluding carboxylic acids is 1. The lowest BCUT2D eigenvalue weighted by Gasteiger charge is -2.23. The van der Waals surface area contributed by atoms with Gasteiger partial charge in [0.05, 0.1) is 12.0 Å². The molecule has 1 aliphatic rings. The molecular weight excluding hydrogens is 234 g/mol. The number of rotatable bonds is 5. The zero-order valence-electron chi connectivity index (χ0n) is 11.1. The van der Waals surface area contributed by atoms with Crippen LogP contribution in [0.15, 0.2) is 0 Å². The van der Waals surface area contributed by atoms with Crippen LogP contribution in [0.1, 0.15) is 46.0 Å². The van der Waals surface area contributed by atoms with Crippen LogP contribution < -0.4 is 5.32 Å². The van der Waals surface area contributed by atoms with E-state index in [4.69, 9.17) is 4.74 Å². The Morgan fingerprint density at radius 1 is 1.28 bits per heavy atom. The van der Waals surface area contributed by atoms with Crippen molar-refractivity contribution in [3.63, 3.8) is 0 Å². The second-order valence-electron chi connectivity index (χ2n) is 5.12. The molecule has 18 heavy (non-hydrogen) atoms. The molecule has 2 atom stereocenters. The average Bonchev–Trinajstić information content (AvgIpc) is 2.51. The molecule has 5 nitrogen and oxygen atoms in total. The number of carbonyl (C=O) groups is 2. The van der Waals surface area contributed by atoms with E-state index >= 15 is 0 Å². The zero-order chi connectivity index (χ0) is 13.5. The van der Waals surface area contributed by atoms with Gasteiger partial charge in [0, 0.05) is 6.04 Å². The van der Waals surface area contributed by atoms with E-state index in [1.807, 2.05) is 13.8 Å². The number of aliphatic carboxylic acids is 1. The van der Waals surface area contributed by atoms with Crippen molar-refractivity contribution >= 4 is 11.9 Å². The van der Waals surface area contributed by atoms with E-state index in [9.17, 15) is 14.7 Å². The predicted octanol–water partition coefficient (Wildman–Crippen LogP) is 1.56. The number of amides is 1. The lowest BCUT2D eigenvalue weighted by atomic mass is 9.95. The van der Waals surface area contributed by atoms with E-state index in [2.05, 4.69) is 5.32 Å². The zero-order valence-corrected chi connectivity index (χ0v) is 11.1. The monoisotopic (exact) mass is 257 g/mol. The van der Waals surface area contributed by atoms with Crippen LogP contribution in [0, 0.1) is 5.92 Å². The van der Waals surface area contributed by atoms with Crippen molar-refractivity contribution < 1.29 is 19.4 Å². The molecule has 1 rings (SSSR count). The highest BCUT2D eigenvalue weighted by molar-refractivity contribution is 5.79. The molecule has 2 unspecified atom stereocenters. The van der Waals surface area contributed by atoms with E-state index in [-0.39, 0.29) is 24.7 Å². The molecule has 0 aromatic carbocycles. The summed E-state index contributed by atoms with van der Waals surface area (Å²) in [6.07, 6.45) is 4.32.